The second-order valence-corrected chi connectivity index (χ2v) is 3.28. The van der Waals surface area contributed by atoms with Gasteiger partial charge in [0, 0.05) is 0 Å². The van der Waals surface area contributed by atoms with Crippen LogP contribution in [0.3, 0.4) is 0 Å². The van der Waals surface area contributed by atoms with E-state index in [0.717, 1.165) is 6.42 Å². The second-order valence-electron chi connectivity index (χ2n) is 3.28. The molecule has 1 aliphatic rings. The summed E-state index contributed by atoms with van der Waals surface area (Å²) in [6.45, 7) is 5.89. The molecule has 0 nitrogen and oxygen atoms in total. The molecule has 12 heavy (non-hydrogen) atoms. The Hall–Kier alpha value is -0.780. The standard InChI is InChI=1S/C12H18/c1-3-8-11(4-2)12-9-6-5-7-10-12/h3-4,9H,1,5-8,10H2,2H3/b11-4+. The molecule has 0 saturated carbocycles. The molecule has 0 radical (unpaired) electrons. The normalized spacial score (nSPS) is 18.8. The lowest BCUT2D eigenvalue weighted by Crippen LogP contribution is -1.94. The summed E-state index contributed by atoms with van der Waals surface area (Å²) in [5, 5.41) is 0. The van der Waals surface area contributed by atoms with E-state index >= 15 is 0 Å². The highest BCUT2D eigenvalue weighted by molar-refractivity contribution is 5.32. The molecule has 0 heteroatoms. The summed E-state index contributed by atoms with van der Waals surface area (Å²) < 4.78 is 0. The van der Waals surface area contributed by atoms with Gasteiger partial charge >= 0.3 is 0 Å². The number of hydrogen-bond donors (Lipinski definition) is 0. The third kappa shape index (κ3) is 2.37. The third-order valence-electron chi connectivity index (χ3n) is 2.42. The highest BCUT2D eigenvalue weighted by Crippen LogP contribution is 2.25. The summed E-state index contributed by atoms with van der Waals surface area (Å²) in [6, 6.07) is 0. The van der Waals surface area contributed by atoms with Crippen molar-refractivity contribution in [1.82, 2.24) is 0 Å². The molecule has 0 heterocycles. The molecule has 0 N–H and O–H groups in total. The Labute approximate surface area is 75.7 Å². The first kappa shape index (κ1) is 9.31. The Balaban J connectivity index is 2.64. The minimum Gasteiger partial charge on any atom is -0.103 e. The predicted octanol–water partition coefficient (Wildman–Crippen LogP) is 4.01. The number of hydrogen-bond acceptors (Lipinski definition) is 0. The van der Waals surface area contributed by atoms with Crippen molar-refractivity contribution in [2.45, 2.75) is 39.0 Å². The van der Waals surface area contributed by atoms with Crippen molar-refractivity contribution < 1.29 is 0 Å². The maximum atomic E-state index is 3.78. The summed E-state index contributed by atoms with van der Waals surface area (Å²) in [5.74, 6) is 0. The summed E-state index contributed by atoms with van der Waals surface area (Å²) >= 11 is 0. The van der Waals surface area contributed by atoms with Crippen molar-refractivity contribution in [2.24, 2.45) is 0 Å². The first-order chi connectivity index (χ1) is 5.88. The summed E-state index contributed by atoms with van der Waals surface area (Å²) in [7, 11) is 0. The van der Waals surface area contributed by atoms with E-state index in [4.69, 9.17) is 0 Å². The quantitative estimate of drug-likeness (QED) is 0.550. The van der Waals surface area contributed by atoms with Crippen LogP contribution in [0.25, 0.3) is 0 Å². The van der Waals surface area contributed by atoms with Crippen LogP contribution in [-0.4, -0.2) is 0 Å². The molecule has 0 aromatic rings. The lowest BCUT2D eigenvalue weighted by atomic mass is 9.92. The first-order valence-electron chi connectivity index (χ1n) is 4.84. The van der Waals surface area contributed by atoms with Crippen LogP contribution >= 0.6 is 0 Å². The van der Waals surface area contributed by atoms with Crippen LogP contribution in [0.4, 0.5) is 0 Å². The molecule has 0 fully saturated rings. The van der Waals surface area contributed by atoms with Gasteiger partial charge in [0.15, 0.2) is 0 Å². The van der Waals surface area contributed by atoms with Crippen LogP contribution in [0.15, 0.2) is 36.0 Å². The zero-order valence-corrected chi connectivity index (χ0v) is 7.97. The maximum Gasteiger partial charge on any atom is -0.0101 e. The Morgan fingerprint density at radius 1 is 1.58 bits per heavy atom. The maximum absolute atomic E-state index is 3.78. The fourth-order valence-corrected chi connectivity index (χ4v) is 1.72. The zero-order valence-electron chi connectivity index (χ0n) is 7.97. The largest absolute Gasteiger partial charge is 0.103 e. The van der Waals surface area contributed by atoms with Gasteiger partial charge in [0.1, 0.15) is 0 Å². The van der Waals surface area contributed by atoms with E-state index in [1.807, 2.05) is 6.08 Å². The first-order valence-corrected chi connectivity index (χ1v) is 4.84. The van der Waals surface area contributed by atoms with Crippen LogP contribution in [0, 0.1) is 0 Å². The van der Waals surface area contributed by atoms with Crippen molar-refractivity contribution in [3.8, 4) is 0 Å². The zero-order chi connectivity index (χ0) is 8.81. The topological polar surface area (TPSA) is 0 Å². The molecule has 0 aromatic carbocycles. The molecule has 0 unspecified atom stereocenters. The van der Waals surface area contributed by atoms with Crippen molar-refractivity contribution in [2.75, 3.05) is 0 Å². The minimum atomic E-state index is 1.03. The Morgan fingerprint density at radius 2 is 2.42 bits per heavy atom. The molecule has 0 aromatic heterocycles. The van der Waals surface area contributed by atoms with E-state index in [-0.39, 0.29) is 0 Å². The Morgan fingerprint density at radius 3 is 2.92 bits per heavy atom. The van der Waals surface area contributed by atoms with Gasteiger partial charge in [-0.3, -0.25) is 0 Å². The molecule has 0 bridgehead atoms. The van der Waals surface area contributed by atoms with E-state index < -0.39 is 0 Å². The van der Waals surface area contributed by atoms with Gasteiger partial charge in [0.2, 0.25) is 0 Å². The molecule has 0 aliphatic heterocycles. The van der Waals surface area contributed by atoms with Crippen molar-refractivity contribution >= 4 is 0 Å². The highest BCUT2D eigenvalue weighted by atomic mass is 14.1. The van der Waals surface area contributed by atoms with Crippen molar-refractivity contribution in [3.05, 3.63) is 36.0 Å². The van der Waals surface area contributed by atoms with E-state index in [1.54, 1.807) is 5.57 Å². The summed E-state index contributed by atoms with van der Waals surface area (Å²) in [5.41, 5.74) is 3.04. The molecule has 1 rings (SSSR count). The Kier molecular flexibility index (Phi) is 3.86. The van der Waals surface area contributed by atoms with Gasteiger partial charge < -0.3 is 0 Å². The lowest BCUT2D eigenvalue weighted by molar-refractivity contribution is 0.703. The fraction of sp³-hybridized carbons (Fsp3) is 0.500. The third-order valence-corrected chi connectivity index (χ3v) is 2.42. The molecule has 1 aliphatic carbocycles. The van der Waals surface area contributed by atoms with Crippen LogP contribution in [-0.2, 0) is 0 Å². The SMILES string of the molecule is C=CC/C(=C\C)C1=CCCCC1. The molecule has 0 amide bonds. The average Bonchev–Trinajstić information content (AvgIpc) is 2.15. The lowest BCUT2D eigenvalue weighted by Gasteiger charge is -2.14. The smallest absolute Gasteiger partial charge is 0.0101 e. The second kappa shape index (κ2) is 4.97. The van der Waals surface area contributed by atoms with E-state index in [2.05, 4.69) is 25.7 Å². The van der Waals surface area contributed by atoms with Gasteiger partial charge in [-0.15, -0.1) is 6.58 Å². The summed E-state index contributed by atoms with van der Waals surface area (Å²) in [6.07, 6.45) is 12.9. The molecule has 0 spiro atoms. The fourth-order valence-electron chi connectivity index (χ4n) is 1.72. The molecular formula is C12H18. The Bertz CT molecular complexity index is 206. The monoisotopic (exact) mass is 162 g/mol. The van der Waals surface area contributed by atoms with Crippen LogP contribution in [0.5, 0.6) is 0 Å². The number of allylic oxidation sites excluding steroid dienone is 5. The molecular weight excluding hydrogens is 144 g/mol. The molecule has 66 valence electrons. The predicted molar refractivity (Wildman–Crippen MR) is 55.1 cm³/mol. The van der Waals surface area contributed by atoms with Crippen LogP contribution in [0.2, 0.25) is 0 Å². The van der Waals surface area contributed by atoms with Crippen LogP contribution in [0.1, 0.15) is 39.0 Å². The van der Waals surface area contributed by atoms with Gasteiger partial charge in [-0.05, 0) is 50.2 Å². The van der Waals surface area contributed by atoms with Gasteiger partial charge in [-0.2, -0.15) is 0 Å². The van der Waals surface area contributed by atoms with E-state index in [1.165, 1.54) is 31.3 Å². The highest BCUT2D eigenvalue weighted by Gasteiger charge is 2.06. The average molecular weight is 162 g/mol. The van der Waals surface area contributed by atoms with Crippen molar-refractivity contribution in [1.29, 1.82) is 0 Å². The van der Waals surface area contributed by atoms with Gasteiger partial charge in [-0.1, -0.05) is 18.2 Å². The van der Waals surface area contributed by atoms with Gasteiger partial charge in [-0.25, -0.2) is 0 Å². The van der Waals surface area contributed by atoms with Gasteiger partial charge in [0.25, 0.3) is 0 Å². The molecule has 0 saturated heterocycles. The minimum absolute atomic E-state index is 1.03. The van der Waals surface area contributed by atoms with E-state index in [9.17, 15) is 0 Å². The number of rotatable bonds is 3. The summed E-state index contributed by atoms with van der Waals surface area (Å²) in [4.78, 5) is 0. The van der Waals surface area contributed by atoms with Crippen LogP contribution < -0.4 is 0 Å². The van der Waals surface area contributed by atoms with Crippen molar-refractivity contribution in [3.63, 3.8) is 0 Å². The van der Waals surface area contributed by atoms with E-state index in [0.29, 0.717) is 0 Å². The van der Waals surface area contributed by atoms with Gasteiger partial charge in [0.05, 0.1) is 0 Å². The molecule has 0 atom stereocenters.